The van der Waals surface area contributed by atoms with Gasteiger partial charge in [-0.3, -0.25) is 4.79 Å². The zero-order valence-corrected chi connectivity index (χ0v) is 13.3. The Bertz CT molecular complexity index is 491. The van der Waals surface area contributed by atoms with Gasteiger partial charge in [-0.15, -0.1) is 0 Å². The predicted molar refractivity (Wildman–Crippen MR) is 81.0 cm³/mol. The van der Waals surface area contributed by atoms with Gasteiger partial charge in [0.05, 0.1) is 5.02 Å². The molecule has 0 spiro atoms. The van der Waals surface area contributed by atoms with Gasteiger partial charge in [0, 0.05) is 17.6 Å². The van der Waals surface area contributed by atoms with E-state index in [0.29, 0.717) is 17.3 Å². The van der Waals surface area contributed by atoms with Crippen molar-refractivity contribution in [3.05, 3.63) is 27.7 Å². The number of benzene rings is 1. The van der Waals surface area contributed by atoms with Crippen LogP contribution < -0.4 is 10.1 Å². The van der Waals surface area contributed by atoms with Gasteiger partial charge in [-0.2, -0.15) is 0 Å². The quantitative estimate of drug-likeness (QED) is 0.784. The van der Waals surface area contributed by atoms with Gasteiger partial charge >= 0.3 is 0 Å². The fourth-order valence-corrected chi connectivity index (χ4v) is 2.73. The Morgan fingerprint density at radius 1 is 1.50 bits per heavy atom. The van der Waals surface area contributed by atoms with E-state index in [1.54, 1.807) is 18.2 Å². The first-order chi connectivity index (χ1) is 9.54. The first-order valence-electron chi connectivity index (χ1n) is 6.50. The highest BCUT2D eigenvalue weighted by Crippen LogP contribution is 2.47. The van der Waals surface area contributed by atoms with Gasteiger partial charge in [0.25, 0.3) is 5.91 Å². The van der Waals surface area contributed by atoms with Crippen molar-refractivity contribution >= 4 is 33.4 Å². The van der Waals surface area contributed by atoms with Gasteiger partial charge in [-0.25, -0.2) is 0 Å². The molecule has 0 atom stereocenters. The summed E-state index contributed by atoms with van der Waals surface area (Å²) >= 11 is 9.30. The fourth-order valence-electron chi connectivity index (χ4n) is 2.00. The molecule has 20 heavy (non-hydrogen) atoms. The second-order valence-electron chi connectivity index (χ2n) is 5.11. The molecule has 1 saturated carbocycles. The molecule has 1 aromatic rings. The maximum absolute atomic E-state index is 11.7. The van der Waals surface area contributed by atoms with Gasteiger partial charge in [0.15, 0.2) is 6.61 Å². The van der Waals surface area contributed by atoms with E-state index in [4.69, 9.17) is 21.4 Å². The average molecular weight is 363 g/mol. The monoisotopic (exact) mass is 361 g/mol. The van der Waals surface area contributed by atoms with E-state index in [-0.39, 0.29) is 24.5 Å². The number of carbonyl (C=O) groups excluding carboxylic acids is 1. The van der Waals surface area contributed by atoms with Crippen LogP contribution in [0.1, 0.15) is 19.3 Å². The number of aliphatic hydroxyl groups excluding tert-OH is 1. The second kappa shape index (κ2) is 6.78. The minimum atomic E-state index is -0.173. The molecule has 0 unspecified atom stereocenters. The summed E-state index contributed by atoms with van der Waals surface area (Å²) in [5.41, 5.74) is 0.111. The molecule has 2 N–H and O–H groups in total. The van der Waals surface area contributed by atoms with Crippen molar-refractivity contribution in [3.8, 4) is 5.75 Å². The van der Waals surface area contributed by atoms with Crippen LogP contribution in [-0.2, 0) is 4.79 Å². The third-order valence-electron chi connectivity index (χ3n) is 3.51. The van der Waals surface area contributed by atoms with Crippen LogP contribution in [0, 0.1) is 5.41 Å². The van der Waals surface area contributed by atoms with E-state index in [9.17, 15) is 4.79 Å². The SMILES string of the molecule is O=C(COc1ccc(Br)cc1Cl)NCC1(CCO)CC1. The van der Waals surface area contributed by atoms with Crippen LogP contribution in [0.3, 0.4) is 0 Å². The minimum Gasteiger partial charge on any atom is -0.482 e. The molecule has 0 heterocycles. The number of ether oxygens (including phenoxy) is 1. The summed E-state index contributed by atoms with van der Waals surface area (Å²) < 4.78 is 6.25. The summed E-state index contributed by atoms with van der Waals surface area (Å²) in [5, 5.41) is 12.3. The maximum Gasteiger partial charge on any atom is 0.257 e. The summed E-state index contributed by atoms with van der Waals surface area (Å²) in [4.78, 5) is 11.7. The molecule has 110 valence electrons. The molecular formula is C14H17BrClNO3. The first-order valence-corrected chi connectivity index (χ1v) is 7.67. The van der Waals surface area contributed by atoms with Crippen molar-refractivity contribution in [1.29, 1.82) is 0 Å². The largest absolute Gasteiger partial charge is 0.482 e. The number of hydrogen-bond acceptors (Lipinski definition) is 3. The van der Waals surface area contributed by atoms with Gasteiger partial charge in [-0.05, 0) is 42.9 Å². The number of amides is 1. The molecule has 1 amide bonds. The van der Waals surface area contributed by atoms with E-state index >= 15 is 0 Å². The molecule has 1 aromatic carbocycles. The molecule has 1 fully saturated rings. The van der Waals surface area contributed by atoms with Gasteiger partial charge in [-0.1, -0.05) is 27.5 Å². The lowest BCUT2D eigenvalue weighted by Gasteiger charge is -2.15. The highest BCUT2D eigenvalue weighted by atomic mass is 79.9. The summed E-state index contributed by atoms with van der Waals surface area (Å²) in [6.07, 6.45) is 2.87. The fraction of sp³-hybridized carbons (Fsp3) is 0.500. The Balaban J connectivity index is 1.75. The third-order valence-corrected chi connectivity index (χ3v) is 4.30. The van der Waals surface area contributed by atoms with Crippen LogP contribution in [-0.4, -0.2) is 30.8 Å². The Morgan fingerprint density at radius 3 is 2.85 bits per heavy atom. The van der Waals surface area contributed by atoms with Crippen LogP contribution in [0.2, 0.25) is 5.02 Å². The Kier molecular flexibility index (Phi) is 5.29. The van der Waals surface area contributed by atoms with E-state index in [0.717, 1.165) is 23.7 Å². The molecule has 4 nitrogen and oxygen atoms in total. The topological polar surface area (TPSA) is 58.6 Å². The van der Waals surface area contributed by atoms with E-state index in [2.05, 4.69) is 21.2 Å². The molecule has 0 bridgehead atoms. The second-order valence-corrected chi connectivity index (χ2v) is 6.44. The van der Waals surface area contributed by atoms with Crippen molar-refractivity contribution in [2.75, 3.05) is 19.8 Å². The summed E-state index contributed by atoms with van der Waals surface area (Å²) in [5.74, 6) is 0.315. The molecule has 0 saturated heterocycles. The zero-order chi connectivity index (χ0) is 14.6. The van der Waals surface area contributed by atoms with Crippen LogP contribution >= 0.6 is 27.5 Å². The van der Waals surface area contributed by atoms with E-state index in [1.807, 2.05) is 0 Å². The van der Waals surface area contributed by atoms with Gasteiger partial charge in [0.1, 0.15) is 5.75 Å². The van der Waals surface area contributed by atoms with Crippen LogP contribution in [0.5, 0.6) is 5.75 Å². The molecular weight excluding hydrogens is 346 g/mol. The smallest absolute Gasteiger partial charge is 0.257 e. The molecule has 1 aliphatic rings. The van der Waals surface area contributed by atoms with Crippen molar-refractivity contribution < 1.29 is 14.6 Å². The molecule has 0 aliphatic heterocycles. The number of carbonyl (C=O) groups is 1. The first kappa shape index (κ1) is 15.6. The predicted octanol–water partition coefficient (Wildman–Crippen LogP) is 2.76. The van der Waals surface area contributed by atoms with Crippen molar-refractivity contribution in [2.45, 2.75) is 19.3 Å². The normalized spacial score (nSPS) is 15.8. The van der Waals surface area contributed by atoms with Crippen molar-refractivity contribution in [2.24, 2.45) is 5.41 Å². The van der Waals surface area contributed by atoms with Crippen molar-refractivity contribution in [3.63, 3.8) is 0 Å². The highest BCUT2D eigenvalue weighted by molar-refractivity contribution is 9.10. The van der Waals surface area contributed by atoms with Gasteiger partial charge in [0.2, 0.25) is 0 Å². The summed E-state index contributed by atoms with van der Waals surface area (Å²) in [7, 11) is 0. The summed E-state index contributed by atoms with van der Waals surface area (Å²) in [6, 6.07) is 5.24. The number of rotatable bonds is 7. The molecule has 6 heteroatoms. The van der Waals surface area contributed by atoms with Gasteiger partial charge < -0.3 is 15.2 Å². The number of nitrogens with one attached hydrogen (secondary N) is 1. The minimum absolute atomic E-state index is 0.0590. The standard InChI is InChI=1S/C14H17BrClNO3/c15-10-1-2-12(11(16)7-10)20-8-13(19)17-9-14(3-4-14)5-6-18/h1-2,7,18H,3-6,8-9H2,(H,17,19). The number of halogens is 2. The van der Waals surface area contributed by atoms with Crippen LogP contribution in [0.4, 0.5) is 0 Å². The summed E-state index contributed by atoms with van der Waals surface area (Å²) in [6.45, 7) is 0.710. The number of aliphatic hydroxyl groups is 1. The molecule has 0 aromatic heterocycles. The lowest BCUT2D eigenvalue weighted by Crippen LogP contribution is -2.34. The Labute approximate surface area is 131 Å². The molecule has 1 aliphatic carbocycles. The molecule has 0 radical (unpaired) electrons. The number of hydrogen-bond donors (Lipinski definition) is 2. The lowest BCUT2D eigenvalue weighted by molar-refractivity contribution is -0.123. The van der Waals surface area contributed by atoms with E-state index in [1.165, 1.54) is 0 Å². The average Bonchev–Trinajstić information content (AvgIpc) is 3.16. The Hall–Kier alpha value is -0.780. The third kappa shape index (κ3) is 4.36. The lowest BCUT2D eigenvalue weighted by atomic mass is 10.0. The zero-order valence-electron chi connectivity index (χ0n) is 11.0. The van der Waals surface area contributed by atoms with E-state index < -0.39 is 0 Å². The van der Waals surface area contributed by atoms with Crippen LogP contribution in [0.15, 0.2) is 22.7 Å². The molecule has 2 rings (SSSR count). The Morgan fingerprint density at radius 2 is 2.25 bits per heavy atom. The maximum atomic E-state index is 11.7. The van der Waals surface area contributed by atoms with Crippen LogP contribution in [0.25, 0.3) is 0 Å². The van der Waals surface area contributed by atoms with Crippen molar-refractivity contribution in [1.82, 2.24) is 5.32 Å². The highest BCUT2D eigenvalue weighted by Gasteiger charge is 2.41.